The number of fused-ring (bicyclic) bond motifs is 9. The second kappa shape index (κ2) is 10.2. The number of benzene rings is 5. The molecule has 0 amide bonds. The van der Waals surface area contributed by atoms with Crippen LogP contribution in [-0.2, 0) is 5.41 Å². The van der Waals surface area contributed by atoms with E-state index in [0.717, 1.165) is 77.5 Å². The third-order valence-electron chi connectivity index (χ3n) is 10.1. The van der Waals surface area contributed by atoms with E-state index in [1.807, 2.05) is 42.5 Å². The Morgan fingerprint density at radius 2 is 1.52 bits per heavy atom. The Balaban J connectivity index is 1.24. The second-order valence-corrected chi connectivity index (χ2v) is 13.2. The average Bonchev–Trinajstić information content (AvgIpc) is 3.73. The van der Waals surface area contributed by atoms with Crippen molar-refractivity contribution in [1.82, 2.24) is 4.98 Å². The molecule has 0 radical (unpaired) electrons. The first-order chi connectivity index (χ1) is 23.4. The monoisotopic (exact) mass is 618 g/mol. The van der Waals surface area contributed by atoms with Gasteiger partial charge in [0, 0.05) is 32.7 Å². The Kier molecular flexibility index (Phi) is 5.94. The van der Waals surface area contributed by atoms with Gasteiger partial charge in [0.15, 0.2) is 0 Å². The van der Waals surface area contributed by atoms with Gasteiger partial charge in [0.05, 0.1) is 28.2 Å². The van der Waals surface area contributed by atoms with Crippen molar-refractivity contribution in [3.8, 4) is 39.6 Å². The molecular formula is C44H30N2O2. The van der Waals surface area contributed by atoms with Crippen LogP contribution in [0.3, 0.4) is 0 Å². The number of hydrogen-bond acceptors (Lipinski definition) is 4. The Morgan fingerprint density at radius 1 is 0.750 bits per heavy atom. The first kappa shape index (κ1) is 28.1. The van der Waals surface area contributed by atoms with Crippen LogP contribution in [0.4, 0.5) is 0 Å². The van der Waals surface area contributed by atoms with Crippen molar-refractivity contribution in [2.45, 2.75) is 26.2 Å². The molecule has 0 N–H and O–H groups in total. The molecule has 8 aromatic rings. The van der Waals surface area contributed by atoms with E-state index in [2.05, 4.69) is 100 Å². The lowest BCUT2D eigenvalue weighted by atomic mass is 9.81. The summed E-state index contributed by atoms with van der Waals surface area (Å²) in [7, 11) is 0. The predicted molar refractivity (Wildman–Crippen MR) is 196 cm³/mol. The van der Waals surface area contributed by atoms with Gasteiger partial charge in [-0.05, 0) is 88.8 Å². The minimum Gasteiger partial charge on any atom is -0.456 e. The zero-order chi connectivity index (χ0) is 32.7. The van der Waals surface area contributed by atoms with Crippen molar-refractivity contribution in [2.24, 2.45) is 0 Å². The SMILES string of the molecule is C=C/C=C\c1oc2cc3c(cc2c1C)nc(-c1cccc(-c2ccc4c(c2)C(C)(C)c2cc(C#N)ccc2-4)c1)c1c2ccccc2oc31. The number of aromatic nitrogens is 1. The summed E-state index contributed by atoms with van der Waals surface area (Å²) in [6, 6.07) is 36.1. The Labute approximate surface area is 277 Å². The van der Waals surface area contributed by atoms with Gasteiger partial charge in [-0.2, -0.15) is 5.26 Å². The van der Waals surface area contributed by atoms with Gasteiger partial charge in [-0.1, -0.05) is 87.2 Å². The van der Waals surface area contributed by atoms with Gasteiger partial charge in [0.25, 0.3) is 0 Å². The van der Waals surface area contributed by atoms with Crippen LogP contribution in [0, 0.1) is 18.3 Å². The Bertz CT molecular complexity index is 2750. The molecule has 0 unspecified atom stereocenters. The number of furan rings is 2. The summed E-state index contributed by atoms with van der Waals surface area (Å²) < 4.78 is 12.9. The van der Waals surface area contributed by atoms with Gasteiger partial charge in [0.2, 0.25) is 0 Å². The Hall–Kier alpha value is -6.18. The van der Waals surface area contributed by atoms with Crippen molar-refractivity contribution in [3.05, 3.63) is 144 Å². The number of para-hydroxylation sites is 1. The lowest BCUT2D eigenvalue weighted by molar-refractivity contribution is 0.601. The van der Waals surface area contributed by atoms with Gasteiger partial charge < -0.3 is 8.83 Å². The molecule has 0 atom stereocenters. The molecule has 1 aliphatic rings. The molecule has 1 aliphatic carbocycles. The van der Waals surface area contributed by atoms with E-state index in [0.29, 0.717) is 5.56 Å². The summed E-state index contributed by atoms with van der Waals surface area (Å²) in [6.07, 6.45) is 5.57. The van der Waals surface area contributed by atoms with Crippen LogP contribution in [-0.4, -0.2) is 4.98 Å². The fourth-order valence-electron chi connectivity index (χ4n) is 7.55. The van der Waals surface area contributed by atoms with E-state index in [1.54, 1.807) is 6.08 Å². The predicted octanol–water partition coefficient (Wildman–Crippen LogP) is 11.9. The standard InChI is InChI=1S/C44H30N2O2/c1-5-6-13-38-25(2)33-22-37-34(23-40(33)47-38)43-41(32-12-7-8-14-39(32)48-43)42(46-37)29-11-9-10-27(20-29)28-16-18-31-30-17-15-26(24-45)19-35(30)44(3,4)36(31)21-28/h5-23H,1H2,2-4H3/b13-6-. The first-order valence-corrected chi connectivity index (χ1v) is 16.1. The highest BCUT2D eigenvalue weighted by Crippen LogP contribution is 2.50. The topological polar surface area (TPSA) is 63.0 Å². The van der Waals surface area contributed by atoms with E-state index in [9.17, 15) is 5.26 Å². The molecule has 4 nitrogen and oxygen atoms in total. The average molecular weight is 619 g/mol. The minimum atomic E-state index is -0.217. The maximum absolute atomic E-state index is 9.56. The highest BCUT2D eigenvalue weighted by atomic mass is 16.3. The van der Waals surface area contributed by atoms with Crippen LogP contribution >= 0.6 is 0 Å². The van der Waals surface area contributed by atoms with Crippen LogP contribution in [0.15, 0.2) is 125 Å². The molecule has 0 bridgehead atoms. The first-order valence-electron chi connectivity index (χ1n) is 16.1. The zero-order valence-electron chi connectivity index (χ0n) is 26.9. The van der Waals surface area contributed by atoms with E-state index in [4.69, 9.17) is 13.8 Å². The molecule has 0 aliphatic heterocycles. The third kappa shape index (κ3) is 3.98. The Morgan fingerprint density at radius 3 is 2.35 bits per heavy atom. The van der Waals surface area contributed by atoms with Gasteiger partial charge in [-0.15, -0.1) is 0 Å². The number of nitrogens with zero attached hydrogens (tertiary/aromatic N) is 2. The molecule has 0 fully saturated rings. The summed E-state index contributed by atoms with van der Waals surface area (Å²) in [6.45, 7) is 10.4. The fraction of sp³-hybridized carbons (Fsp3) is 0.0909. The highest BCUT2D eigenvalue weighted by molar-refractivity contribution is 6.20. The van der Waals surface area contributed by atoms with Crippen LogP contribution in [0.5, 0.6) is 0 Å². The van der Waals surface area contributed by atoms with Crippen molar-refractivity contribution in [2.75, 3.05) is 0 Å². The van der Waals surface area contributed by atoms with Gasteiger partial charge in [-0.25, -0.2) is 4.98 Å². The lowest BCUT2D eigenvalue weighted by Gasteiger charge is -2.22. The molecule has 3 aromatic heterocycles. The summed E-state index contributed by atoms with van der Waals surface area (Å²) in [5.41, 5.74) is 13.9. The summed E-state index contributed by atoms with van der Waals surface area (Å²) in [5.74, 6) is 0.806. The number of rotatable bonds is 4. The fourth-order valence-corrected chi connectivity index (χ4v) is 7.55. The van der Waals surface area contributed by atoms with E-state index in [-0.39, 0.29) is 5.41 Å². The maximum atomic E-state index is 9.56. The molecule has 0 saturated carbocycles. The molecule has 3 heterocycles. The van der Waals surface area contributed by atoms with E-state index >= 15 is 0 Å². The van der Waals surface area contributed by atoms with Crippen LogP contribution < -0.4 is 0 Å². The van der Waals surface area contributed by atoms with E-state index in [1.165, 1.54) is 22.3 Å². The smallest absolute Gasteiger partial charge is 0.147 e. The third-order valence-corrected chi connectivity index (χ3v) is 10.1. The second-order valence-electron chi connectivity index (χ2n) is 13.2. The minimum absolute atomic E-state index is 0.217. The molecule has 5 aromatic carbocycles. The highest BCUT2D eigenvalue weighted by Gasteiger charge is 2.36. The maximum Gasteiger partial charge on any atom is 0.147 e. The van der Waals surface area contributed by atoms with Crippen molar-refractivity contribution >= 4 is 49.9 Å². The van der Waals surface area contributed by atoms with Crippen molar-refractivity contribution in [3.63, 3.8) is 0 Å². The van der Waals surface area contributed by atoms with Crippen LogP contribution in [0.1, 0.15) is 41.9 Å². The zero-order valence-corrected chi connectivity index (χ0v) is 26.9. The lowest BCUT2D eigenvalue weighted by Crippen LogP contribution is -2.15. The van der Waals surface area contributed by atoms with Gasteiger partial charge in [-0.3, -0.25) is 0 Å². The number of hydrogen-bond donors (Lipinski definition) is 0. The van der Waals surface area contributed by atoms with Crippen molar-refractivity contribution in [1.29, 1.82) is 5.26 Å². The number of aryl methyl sites for hydroxylation is 1. The molecule has 9 rings (SSSR count). The summed E-state index contributed by atoms with van der Waals surface area (Å²) in [4.78, 5) is 5.36. The molecule has 0 saturated heterocycles. The summed E-state index contributed by atoms with van der Waals surface area (Å²) >= 11 is 0. The molecule has 48 heavy (non-hydrogen) atoms. The number of nitriles is 1. The van der Waals surface area contributed by atoms with Crippen molar-refractivity contribution < 1.29 is 8.83 Å². The molecule has 228 valence electrons. The van der Waals surface area contributed by atoms with Gasteiger partial charge >= 0.3 is 0 Å². The molecule has 0 spiro atoms. The van der Waals surface area contributed by atoms with Crippen LogP contribution in [0.25, 0.3) is 83.4 Å². The quantitative estimate of drug-likeness (QED) is 0.184. The van der Waals surface area contributed by atoms with E-state index < -0.39 is 0 Å². The molecular weight excluding hydrogens is 588 g/mol. The number of pyridine rings is 1. The number of allylic oxidation sites excluding steroid dienone is 2. The largest absolute Gasteiger partial charge is 0.456 e. The summed E-state index contributed by atoms with van der Waals surface area (Å²) in [5, 5.41) is 13.5. The van der Waals surface area contributed by atoms with Crippen LogP contribution in [0.2, 0.25) is 0 Å². The van der Waals surface area contributed by atoms with Gasteiger partial charge in [0.1, 0.15) is 22.5 Å². The normalized spacial score (nSPS) is 13.5. The molecule has 4 heteroatoms.